The van der Waals surface area contributed by atoms with Gasteiger partial charge in [0.05, 0.1) is 16.1 Å². The molecule has 0 aliphatic rings. The van der Waals surface area contributed by atoms with Crippen LogP contribution in [-0.2, 0) is 0 Å². The maximum Gasteiger partial charge on any atom is 0.154 e. The number of nitrogens with zero attached hydrogens (tertiary/aromatic N) is 1. The molecule has 14 heavy (non-hydrogen) atoms. The van der Waals surface area contributed by atoms with E-state index in [0.29, 0.717) is 16.8 Å². The minimum absolute atomic E-state index is 0.142. The van der Waals surface area contributed by atoms with Crippen LogP contribution in [0.2, 0.25) is 10.2 Å². The van der Waals surface area contributed by atoms with E-state index in [0.717, 1.165) is 5.39 Å². The van der Waals surface area contributed by atoms with E-state index >= 15 is 0 Å². The van der Waals surface area contributed by atoms with Crippen molar-refractivity contribution in [3.05, 3.63) is 40.0 Å². The van der Waals surface area contributed by atoms with E-state index in [1.807, 2.05) is 12.1 Å². The Morgan fingerprint density at radius 3 is 2.64 bits per heavy atom. The van der Waals surface area contributed by atoms with Crippen LogP contribution >= 0.6 is 23.2 Å². The first-order valence-corrected chi connectivity index (χ1v) is 4.68. The van der Waals surface area contributed by atoms with Crippen LogP contribution in [0, 0.1) is 0 Å². The molecule has 0 saturated heterocycles. The van der Waals surface area contributed by atoms with Crippen molar-refractivity contribution < 1.29 is 4.79 Å². The average molecular weight is 226 g/mol. The summed E-state index contributed by atoms with van der Waals surface area (Å²) in [4.78, 5) is 14.7. The lowest BCUT2D eigenvalue weighted by molar-refractivity contribution is 0.112. The fraction of sp³-hybridized carbons (Fsp3) is 0. The molecule has 2 rings (SSSR count). The van der Waals surface area contributed by atoms with Crippen molar-refractivity contribution in [3.8, 4) is 0 Å². The summed E-state index contributed by atoms with van der Waals surface area (Å²) >= 11 is 11.8. The number of pyridine rings is 1. The normalized spacial score (nSPS) is 10.4. The Labute approximate surface area is 90.5 Å². The zero-order valence-corrected chi connectivity index (χ0v) is 8.51. The van der Waals surface area contributed by atoms with Crippen LogP contribution < -0.4 is 0 Å². The molecule has 0 fully saturated rings. The highest BCUT2D eigenvalue weighted by molar-refractivity contribution is 6.41. The molecule has 2 nitrogen and oxygen atoms in total. The van der Waals surface area contributed by atoms with Crippen LogP contribution in [0.25, 0.3) is 10.9 Å². The molecular formula is C10H5Cl2NO. The second-order valence-electron chi connectivity index (χ2n) is 2.77. The zero-order valence-electron chi connectivity index (χ0n) is 7.00. The number of para-hydroxylation sites is 1. The number of hydrogen-bond acceptors (Lipinski definition) is 2. The van der Waals surface area contributed by atoms with Gasteiger partial charge in [0.15, 0.2) is 6.29 Å². The van der Waals surface area contributed by atoms with Crippen molar-refractivity contribution in [1.82, 2.24) is 4.98 Å². The number of aromatic nitrogens is 1. The molecule has 0 bridgehead atoms. The van der Waals surface area contributed by atoms with Gasteiger partial charge < -0.3 is 0 Å². The molecule has 0 atom stereocenters. The fourth-order valence-electron chi connectivity index (χ4n) is 1.26. The predicted octanol–water partition coefficient (Wildman–Crippen LogP) is 3.35. The summed E-state index contributed by atoms with van der Waals surface area (Å²) in [6.07, 6.45) is 0.615. The summed E-state index contributed by atoms with van der Waals surface area (Å²) in [6.45, 7) is 0. The van der Waals surface area contributed by atoms with Crippen LogP contribution in [-0.4, -0.2) is 11.3 Å². The summed E-state index contributed by atoms with van der Waals surface area (Å²) < 4.78 is 0. The van der Waals surface area contributed by atoms with Gasteiger partial charge in [0.2, 0.25) is 0 Å². The molecule has 0 amide bonds. The molecule has 2 aromatic rings. The van der Waals surface area contributed by atoms with Gasteiger partial charge in [-0.2, -0.15) is 0 Å². The molecule has 0 aliphatic carbocycles. The van der Waals surface area contributed by atoms with Crippen molar-refractivity contribution >= 4 is 40.4 Å². The summed E-state index contributed by atoms with van der Waals surface area (Å²) in [6, 6.07) is 7.26. The molecule has 0 N–H and O–H groups in total. The second-order valence-corrected chi connectivity index (χ2v) is 3.50. The van der Waals surface area contributed by atoms with Gasteiger partial charge in [0.25, 0.3) is 0 Å². The number of benzene rings is 1. The Hall–Kier alpha value is -1.12. The molecule has 0 unspecified atom stereocenters. The van der Waals surface area contributed by atoms with E-state index in [-0.39, 0.29) is 10.7 Å². The molecule has 1 heterocycles. The number of hydrogen-bond donors (Lipinski definition) is 0. The third-order valence-corrected chi connectivity index (χ3v) is 2.63. The molecule has 1 aromatic heterocycles. The van der Waals surface area contributed by atoms with Gasteiger partial charge in [0.1, 0.15) is 5.15 Å². The van der Waals surface area contributed by atoms with E-state index in [4.69, 9.17) is 23.2 Å². The van der Waals surface area contributed by atoms with Crippen LogP contribution in [0.5, 0.6) is 0 Å². The topological polar surface area (TPSA) is 30.0 Å². The summed E-state index contributed by atoms with van der Waals surface area (Å²) in [7, 11) is 0. The van der Waals surface area contributed by atoms with Crippen molar-refractivity contribution in [2.45, 2.75) is 0 Å². The minimum Gasteiger partial charge on any atom is -0.298 e. The molecule has 1 aromatic carbocycles. The largest absolute Gasteiger partial charge is 0.298 e. The van der Waals surface area contributed by atoms with Gasteiger partial charge >= 0.3 is 0 Å². The highest BCUT2D eigenvalue weighted by Gasteiger charge is 2.10. The Kier molecular flexibility index (Phi) is 2.40. The maximum atomic E-state index is 10.7. The van der Waals surface area contributed by atoms with E-state index in [2.05, 4.69) is 4.98 Å². The molecule has 0 aliphatic heterocycles. The third kappa shape index (κ3) is 1.37. The smallest absolute Gasteiger partial charge is 0.154 e. The molecule has 0 spiro atoms. The van der Waals surface area contributed by atoms with Gasteiger partial charge in [-0.15, -0.1) is 0 Å². The van der Waals surface area contributed by atoms with Crippen LogP contribution in [0.3, 0.4) is 0 Å². The number of halogens is 2. The van der Waals surface area contributed by atoms with E-state index in [1.54, 1.807) is 12.1 Å². The Morgan fingerprint density at radius 1 is 1.21 bits per heavy atom. The Bertz CT molecular complexity index is 511. The first-order chi connectivity index (χ1) is 6.74. The lowest BCUT2D eigenvalue weighted by Gasteiger charge is -2.03. The molecule has 70 valence electrons. The predicted molar refractivity (Wildman–Crippen MR) is 57.2 cm³/mol. The standard InChI is InChI=1S/C10H5Cl2NO/c11-9-6-3-1-2-4-8(6)13-10(12)7(9)5-14/h1-5H. The quantitative estimate of drug-likeness (QED) is 0.551. The highest BCUT2D eigenvalue weighted by atomic mass is 35.5. The lowest BCUT2D eigenvalue weighted by atomic mass is 10.2. The maximum absolute atomic E-state index is 10.7. The first kappa shape index (κ1) is 9.44. The minimum atomic E-state index is 0.142. The zero-order chi connectivity index (χ0) is 10.1. The third-order valence-electron chi connectivity index (χ3n) is 1.94. The summed E-state index contributed by atoms with van der Waals surface area (Å²) in [5, 5.41) is 1.24. The van der Waals surface area contributed by atoms with Crippen molar-refractivity contribution in [3.63, 3.8) is 0 Å². The molecular weight excluding hydrogens is 221 g/mol. The number of carbonyl (C=O) groups is 1. The van der Waals surface area contributed by atoms with Crippen molar-refractivity contribution in [1.29, 1.82) is 0 Å². The first-order valence-electron chi connectivity index (χ1n) is 3.93. The summed E-state index contributed by atoms with van der Waals surface area (Å²) in [5.74, 6) is 0. The molecule has 4 heteroatoms. The molecule has 0 saturated carbocycles. The number of carbonyl (C=O) groups excluding carboxylic acids is 1. The number of aldehydes is 1. The monoisotopic (exact) mass is 225 g/mol. The average Bonchev–Trinajstić information content (AvgIpc) is 2.18. The number of fused-ring (bicyclic) bond motifs is 1. The van der Waals surface area contributed by atoms with Crippen molar-refractivity contribution in [2.24, 2.45) is 0 Å². The van der Waals surface area contributed by atoms with Gasteiger partial charge in [-0.3, -0.25) is 4.79 Å². The van der Waals surface area contributed by atoms with Gasteiger partial charge in [-0.1, -0.05) is 41.4 Å². The lowest BCUT2D eigenvalue weighted by Crippen LogP contribution is -1.90. The van der Waals surface area contributed by atoms with Crippen LogP contribution in [0.1, 0.15) is 10.4 Å². The van der Waals surface area contributed by atoms with E-state index in [1.165, 1.54) is 0 Å². The Balaban J connectivity index is 2.92. The molecule has 0 radical (unpaired) electrons. The van der Waals surface area contributed by atoms with Crippen LogP contribution in [0.15, 0.2) is 24.3 Å². The van der Waals surface area contributed by atoms with E-state index in [9.17, 15) is 4.79 Å². The van der Waals surface area contributed by atoms with Gasteiger partial charge in [0, 0.05) is 5.39 Å². The Morgan fingerprint density at radius 2 is 1.93 bits per heavy atom. The van der Waals surface area contributed by atoms with Crippen molar-refractivity contribution in [2.75, 3.05) is 0 Å². The SMILES string of the molecule is O=Cc1c(Cl)nc2ccccc2c1Cl. The van der Waals surface area contributed by atoms with Gasteiger partial charge in [-0.05, 0) is 6.07 Å². The van der Waals surface area contributed by atoms with Gasteiger partial charge in [-0.25, -0.2) is 4.98 Å². The van der Waals surface area contributed by atoms with E-state index < -0.39 is 0 Å². The summed E-state index contributed by atoms with van der Waals surface area (Å²) in [5.41, 5.74) is 0.931. The highest BCUT2D eigenvalue weighted by Crippen LogP contribution is 2.29. The second kappa shape index (κ2) is 3.56. The number of rotatable bonds is 1. The van der Waals surface area contributed by atoms with Crippen LogP contribution in [0.4, 0.5) is 0 Å². The fourth-order valence-corrected chi connectivity index (χ4v) is 1.83.